The highest BCUT2D eigenvalue weighted by Gasteiger charge is 2.16. The Morgan fingerprint density at radius 1 is 1.47 bits per heavy atom. The summed E-state index contributed by atoms with van der Waals surface area (Å²) in [6.07, 6.45) is 2.49. The van der Waals surface area contributed by atoms with Gasteiger partial charge in [-0.3, -0.25) is 0 Å². The quantitative estimate of drug-likeness (QED) is 0.687. The molecule has 0 saturated carbocycles. The van der Waals surface area contributed by atoms with E-state index in [2.05, 4.69) is 24.1 Å². The predicted molar refractivity (Wildman–Crippen MR) is 62.6 cm³/mol. The van der Waals surface area contributed by atoms with E-state index in [1.54, 1.807) is 12.3 Å². The molecule has 1 heterocycles. The van der Waals surface area contributed by atoms with Crippen LogP contribution in [0, 0.1) is 5.41 Å². The lowest BCUT2D eigenvalue weighted by atomic mass is 9.90. The van der Waals surface area contributed by atoms with Gasteiger partial charge in [0.05, 0.1) is 11.9 Å². The van der Waals surface area contributed by atoms with Crippen LogP contribution in [0.5, 0.6) is 0 Å². The van der Waals surface area contributed by atoms with E-state index in [0.29, 0.717) is 5.82 Å². The first-order chi connectivity index (χ1) is 7.03. The summed E-state index contributed by atoms with van der Waals surface area (Å²) in [5.41, 5.74) is 6.52. The zero-order chi connectivity index (χ0) is 11.3. The molecule has 0 saturated heterocycles. The molecule has 0 atom stereocenters. The summed E-state index contributed by atoms with van der Waals surface area (Å²) < 4.78 is 0. The molecular formula is C11H19N3O. The lowest BCUT2D eigenvalue weighted by molar-refractivity contribution is 0.220. The van der Waals surface area contributed by atoms with E-state index in [1.165, 1.54) is 0 Å². The summed E-state index contributed by atoms with van der Waals surface area (Å²) in [4.78, 5) is 3.99. The fraction of sp³-hybridized carbons (Fsp3) is 0.545. The predicted octanol–water partition coefficient (Wildman–Crippen LogP) is 1.48. The number of nitrogens with zero attached hydrogens (tertiary/aromatic N) is 1. The molecule has 1 rings (SSSR count). The summed E-state index contributed by atoms with van der Waals surface area (Å²) >= 11 is 0. The van der Waals surface area contributed by atoms with Crippen LogP contribution in [0.15, 0.2) is 18.3 Å². The second-order valence-electron chi connectivity index (χ2n) is 4.46. The Morgan fingerprint density at radius 3 is 2.73 bits per heavy atom. The number of nitrogens with two attached hydrogens (primary N) is 1. The van der Waals surface area contributed by atoms with Gasteiger partial charge in [-0.05, 0) is 24.0 Å². The Balaban J connectivity index is 2.46. The van der Waals surface area contributed by atoms with Crippen molar-refractivity contribution in [1.29, 1.82) is 0 Å². The molecule has 0 fully saturated rings. The van der Waals surface area contributed by atoms with Gasteiger partial charge in [0, 0.05) is 13.2 Å². The smallest absolute Gasteiger partial charge is 0.123 e. The monoisotopic (exact) mass is 209 g/mol. The van der Waals surface area contributed by atoms with Gasteiger partial charge in [0.1, 0.15) is 5.82 Å². The molecule has 0 aromatic carbocycles. The van der Waals surface area contributed by atoms with Gasteiger partial charge in [0.2, 0.25) is 0 Å². The number of pyridine rings is 1. The largest absolute Gasteiger partial charge is 0.396 e. The number of hydrogen-bond acceptors (Lipinski definition) is 4. The summed E-state index contributed by atoms with van der Waals surface area (Å²) in [5.74, 6) is 0.523. The zero-order valence-electron chi connectivity index (χ0n) is 9.33. The topological polar surface area (TPSA) is 71.2 Å². The van der Waals surface area contributed by atoms with Crippen LogP contribution in [-0.2, 0) is 0 Å². The minimum Gasteiger partial charge on any atom is -0.396 e. The van der Waals surface area contributed by atoms with Crippen molar-refractivity contribution in [2.45, 2.75) is 20.3 Å². The average molecular weight is 209 g/mol. The molecule has 4 nitrogen and oxygen atoms in total. The summed E-state index contributed by atoms with van der Waals surface area (Å²) in [7, 11) is 0. The van der Waals surface area contributed by atoms with Crippen molar-refractivity contribution >= 4 is 11.5 Å². The van der Waals surface area contributed by atoms with E-state index in [9.17, 15) is 0 Å². The number of nitrogen functional groups attached to an aromatic ring is 1. The van der Waals surface area contributed by atoms with Gasteiger partial charge in [-0.25, -0.2) is 4.98 Å². The second-order valence-corrected chi connectivity index (χ2v) is 4.46. The lowest BCUT2D eigenvalue weighted by Gasteiger charge is -2.24. The molecular weight excluding hydrogens is 190 g/mol. The average Bonchev–Trinajstić information content (AvgIpc) is 2.17. The number of anilines is 2. The summed E-state index contributed by atoms with van der Waals surface area (Å²) in [6.45, 7) is 5.25. The van der Waals surface area contributed by atoms with Crippen LogP contribution in [0.25, 0.3) is 0 Å². The maximum atomic E-state index is 8.88. The van der Waals surface area contributed by atoms with Crippen molar-refractivity contribution in [1.82, 2.24) is 4.98 Å². The fourth-order valence-electron chi connectivity index (χ4n) is 1.24. The fourth-order valence-corrected chi connectivity index (χ4v) is 1.24. The molecule has 0 radical (unpaired) electrons. The van der Waals surface area contributed by atoms with Gasteiger partial charge in [0.15, 0.2) is 0 Å². The van der Waals surface area contributed by atoms with Crippen LogP contribution in [0.3, 0.4) is 0 Å². The van der Waals surface area contributed by atoms with Crippen LogP contribution in [0.4, 0.5) is 11.5 Å². The van der Waals surface area contributed by atoms with Crippen molar-refractivity contribution in [2.24, 2.45) is 5.41 Å². The minimum absolute atomic E-state index is 0.0795. The van der Waals surface area contributed by atoms with E-state index in [0.717, 1.165) is 18.7 Å². The van der Waals surface area contributed by atoms with Gasteiger partial charge in [0.25, 0.3) is 0 Å². The van der Waals surface area contributed by atoms with Crippen molar-refractivity contribution in [3.63, 3.8) is 0 Å². The molecule has 0 aliphatic carbocycles. The van der Waals surface area contributed by atoms with E-state index < -0.39 is 0 Å². The highest BCUT2D eigenvalue weighted by molar-refractivity contribution is 5.45. The molecule has 15 heavy (non-hydrogen) atoms. The van der Waals surface area contributed by atoms with Crippen LogP contribution < -0.4 is 11.1 Å². The molecule has 0 aliphatic heterocycles. The van der Waals surface area contributed by atoms with Crippen LogP contribution >= 0.6 is 0 Å². The third kappa shape index (κ3) is 4.16. The van der Waals surface area contributed by atoms with Gasteiger partial charge in [-0.2, -0.15) is 0 Å². The first kappa shape index (κ1) is 11.8. The Bertz CT molecular complexity index is 295. The van der Waals surface area contributed by atoms with Crippen molar-refractivity contribution in [3.8, 4) is 0 Å². The lowest BCUT2D eigenvalue weighted by Crippen LogP contribution is -2.24. The standard InChI is InChI=1S/C11H19N3O/c1-11(2,5-6-15)8-14-9-3-4-10(12)13-7-9/h3-4,7,14-15H,5-6,8H2,1-2H3,(H2,12,13). The Morgan fingerprint density at radius 2 is 2.20 bits per heavy atom. The molecule has 1 aromatic heterocycles. The third-order valence-electron chi connectivity index (χ3n) is 2.35. The number of hydrogen-bond donors (Lipinski definition) is 3. The molecule has 4 N–H and O–H groups in total. The molecule has 0 spiro atoms. The maximum absolute atomic E-state index is 8.88. The first-order valence-corrected chi connectivity index (χ1v) is 5.10. The number of nitrogens with one attached hydrogen (secondary N) is 1. The van der Waals surface area contributed by atoms with Gasteiger partial charge < -0.3 is 16.2 Å². The number of rotatable bonds is 5. The van der Waals surface area contributed by atoms with Gasteiger partial charge in [-0.15, -0.1) is 0 Å². The SMILES string of the molecule is CC(C)(CCO)CNc1ccc(N)nc1. The van der Waals surface area contributed by atoms with Crippen LogP contribution in [0.1, 0.15) is 20.3 Å². The van der Waals surface area contributed by atoms with Crippen LogP contribution in [-0.4, -0.2) is 23.2 Å². The molecule has 0 unspecified atom stereocenters. The summed E-state index contributed by atoms with van der Waals surface area (Å²) in [6, 6.07) is 3.67. The van der Waals surface area contributed by atoms with Gasteiger partial charge in [-0.1, -0.05) is 13.8 Å². The molecule has 1 aromatic rings. The molecule has 0 bridgehead atoms. The van der Waals surface area contributed by atoms with E-state index in [-0.39, 0.29) is 12.0 Å². The number of aliphatic hydroxyl groups is 1. The minimum atomic E-state index is 0.0795. The Labute approximate surface area is 90.5 Å². The normalized spacial score (nSPS) is 11.4. The maximum Gasteiger partial charge on any atom is 0.123 e. The highest BCUT2D eigenvalue weighted by Crippen LogP contribution is 2.20. The highest BCUT2D eigenvalue weighted by atomic mass is 16.3. The zero-order valence-corrected chi connectivity index (χ0v) is 9.33. The van der Waals surface area contributed by atoms with Crippen molar-refractivity contribution in [3.05, 3.63) is 18.3 Å². The van der Waals surface area contributed by atoms with E-state index >= 15 is 0 Å². The van der Waals surface area contributed by atoms with Crippen LogP contribution in [0.2, 0.25) is 0 Å². The third-order valence-corrected chi connectivity index (χ3v) is 2.35. The van der Waals surface area contributed by atoms with Crippen molar-refractivity contribution < 1.29 is 5.11 Å². The van der Waals surface area contributed by atoms with E-state index in [1.807, 2.05) is 6.07 Å². The van der Waals surface area contributed by atoms with E-state index in [4.69, 9.17) is 10.8 Å². The van der Waals surface area contributed by atoms with Gasteiger partial charge >= 0.3 is 0 Å². The first-order valence-electron chi connectivity index (χ1n) is 5.10. The summed E-state index contributed by atoms with van der Waals surface area (Å²) in [5, 5.41) is 12.1. The molecule has 0 amide bonds. The Hall–Kier alpha value is -1.29. The second kappa shape index (κ2) is 4.98. The van der Waals surface area contributed by atoms with Crippen molar-refractivity contribution in [2.75, 3.05) is 24.2 Å². The molecule has 0 aliphatic rings. The molecule has 84 valence electrons. The number of aliphatic hydroxyl groups excluding tert-OH is 1. The number of aromatic nitrogens is 1. The Kier molecular flexibility index (Phi) is 3.91. The molecule has 4 heteroatoms.